The number of carboxylic acid groups (broad SMARTS) is 1. The Bertz CT molecular complexity index is 924. The fourth-order valence-corrected chi connectivity index (χ4v) is 5.19. The predicted molar refractivity (Wildman–Crippen MR) is 95.7 cm³/mol. The van der Waals surface area contributed by atoms with Crippen molar-refractivity contribution >= 4 is 21.7 Å². The van der Waals surface area contributed by atoms with Gasteiger partial charge in [0.05, 0.1) is 15.5 Å². The number of amidine groups is 1. The van der Waals surface area contributed by atoms with Gasteiger partial charge < -0.3 is 5.11 Å². The molecule has 1 aliphatic heterocycles. The van der Waals surface area contributed by atoms with E-state index in [1.807, 2.05) is 0 Å². The second-order valence-corrected chi connectivity index (χ2v) is 9.44. The molecule has 0 unspecified atom stereocenters. The summed E-state index contributed by atoms with van der Waals surface area (Å²) in [5.41, 5.74) is -0.675. The molecule has 0 saturated carbocycles. The number of hydrogen-bond donors (Lipinski definition) is 2. The second kappa shape index (κ2) is 6.15. The third kappa shape index (κ3) is 3.12. The topological polar surface area (TPSA) is 91.1 Å². The summed E-state index contributed by atoms with van der Waals surface area (Å²) in [5, 5.41) is 11.3. The molecule has 1 aromatic rings. The maximum absolute atomic E-state index is 14.5. The van der Waals surface area contributed by atoms with Crippen LogP contribution in [0.3, 0.4) is 0 Å². The minimum absolute atomic E-state index is 0.0186. The maximum Gasteiger partial charge on any atom is 0.410 e. The molecule has 0 saturated heterocycles. The van der Waals surface area contributed by atoms with Gasteiger partial charge in [0, 0.05) is 18.2 Å². The van der Waals surface area contributed by atoms with Crippen molar-refractivity contribution in [3.8, 4) is 12.3 Å². The molecule has 2 rings (SSSR count). The predicted octanol–water partition coefficient (Wildman–Crippen LogP) is 2.58. The van der Waals surface area contributed by atoms with Gasteiger partial charge in [-0.1, -0.05) is 5.92 Å². The highest BCUT2D eigenvalue weighted by Gasteiger charge is 2.49. The number of nitrogens with one attached hydrogen (secondary N) is 1. The molecule has 6 nitrogen and oxygen atoms in total. The van der Waals surface area contributed by atoms with Crippen LogP contribution in [0.15, 0.2) is 27.6 Å². The largest absolute Gasteiger partial charge is 0.465 e. The van der Waals surface area contributed by atoms with Crippen LogP contribution < -0.4 is 5.32 Å². The Kier molecular flexibility index (Phi) is 4.66. The molecule has 0 aliphatic carbocycles. The zero-order valence-electron chi connectivity index (χ0n) is 14.5. The summed E-state index contributed by atoms with van der Waals surface area (Å²) in [6.07, 6.45) is 4.04. The third-order valence-electron chi connectivity index (χ3n) is 4.44. The summed E-state index contributed by atoms with van der Waals surface area (Å²) in [7, 11) is -1.54. The standard InChI is InChI=1S/C17H20FN3O3S/c1-6-11-7-8-13(18)12(9-11)17(4)10-25(24,19-5)16(2,3)14(21-17)20-15(22)23/h1,7-9H,10H2,2-5H3,(H,20,21)(H,22,23)/t17-,25-/m0/s1. The van der Waals surface area contributed by atoms with Crippen molar-refractivity contribution in [1.82, 2.24) is 5.32 Å². The van der Waals surface area contributed by atoms with Crippen LogP contribution in [0.4, 0.5) is 9.18 Å². The number of hydrogen-bond acceptors (Lipinski definition) is 4. The van der Waals surface area contributed by atoms with E-state index in [1.54, 1.807) is 20.8 Å². The second-order valence-electron chi connectivity index (χ2n) is 6.48. The molecule has 2 atom stereocenters. The molecule has 0 fully saturated rings. The first-order valence-electron chi connectivity index (χ1n) is 7.48. The lowest BCUT2D eigenvalue weighted by Gasteiger charge is -2.41. The Hall–Kier alpha value is -2.40. The zero-order chi connectivity index (χ0) is 19.0. The molecule has 1 amide bonds. The lowest BCUT2D eigenvalue weighted by atomic mass is 9.92. The number of rotatable bonds is 1. The number of aliphatic imine (C=N–C) groups is 1. The van der Waals surface area contributed by atoms with Crippen molar-refractivity contribution in [2.45, 2.75) is 31.1 Å². The van der Waals surface area contributed by atoms with E-state index >= 15 is 0 Å². The molecule has 0 spiro atoms. The molecule has 8 heteroatoms. The fourth-order valence-electron chi connectivity index (χ4n) is 2.86. The summed E-state index contributed by atoms with van der Waals surface area (Å²) in [6.45, 7) is 4.80. The van der Waals surface area contributed by atoms with E-state index in [1.165, 1.54) is 25.2 Å². The number of benzene rings is 1. The normalized spacial score (nSPS) is 27.8. The molecular formula is C17H20FN3O3S. The average molecular weight is 365 g/mol. The summed E-state index contributed by atoms with van der Waals surface area (Å²) in [4.78, 5) is 15.6. The molecule has 1 heterocycles. The van der Waals surface area contributed by atoms with Gasteiger partial charge in [0.15, 0.2) is 0 Å². The SMILES string of the molecule is C#Cc1ccc(F)c([C@]2(C)C[S@@](=O)(=NC)C(C)(C)C(NC(=O)O)=N2)c1. The molecule has 0 aromatic heterocycles. The monoisotopic (exact) mass is 365 g/mol. The van der Waals surface area contributed by atoms with Gasteiger partial charge in [-0.25, -0.2) is 17.8 Å². The number of amides is 1. The van der Waals surface area contributed by atoms with E-state index in [9.17, 15) is 13.4 Å². The van der Waals surface area contributed by atoms with Gasteiger partial charge in [0.25, 0.3) is 0 Å². The van der Waals surface area contributed by atoms with E-state index in [0.717, 1.165) is 0 Å². The van der Waals surface area contributed by atoms with Crippen molar-refractivity contribution in [3.63, 3.8) is 0 Å². The summed E-state index contributed by atoms with van der Waals surface area (Å²) in [5.74, 6) is 1.79. The van der Waals surface area contributed by atoms with Crippen LogP contribution >= 0.6 is 0 Å². The van der Waals surface area contributed by atoms with Crippen LogP contribution in [0.1, 0.15) is 31.9 Å². The van der Waals surface area contributed by atoms with Gasteiger partial charge in [-0.3, -0.25) is 10.3 Å². The Balaban J connectivity index is 2.79. The number of terminal acetylenes is 1. The van der Waals surface area contributed by atoms with Crippen molar-refractivity contribution in [2.75, 3.05) is 12.8 Å². The molecule has 1 aromatic carbocycles. The lowest BCUT2D eigenvalue weighted by molar-refractivity contribution is 0.199. The lowest BCUT2D eigenvalue weighted by Crippen LogP contribution is -2.57. The van der Waals surface area contributed by atoms with Crippen LogP contribution in [0.2, 0.25) is 0 Å². The molecular weight excluding hydrogens is 345 g/mol. The summed E-state index contributed by atoms with van der Waals surface area (Å²) in [6, 6.07) is 4.14. The van der Waals surface area contributed by atoms with Gasteiger partial charge in [-0.2, -0.15) is 0 Å². The van der Waals surface area contributed by atoms with Crippen LogP contribution in [0.25, 0.3) is 0 Å². The maximum atomic E-state index is 14.5. The highest BCUT2D eigenvalue weighted by molar-refractivity contribution is 7.95. The first kappa shape index (κ1) is 18.9. The van der Waals surface area contributed by atoms with Crippen LogP contribution in [-0.4, -0.2) is 38.8 Å². The van der Waals surface area contributed by atoms with Crippen molar-refractivity contribution in [1.29, 1.82) is 0 Å². The smallest absolute Gasteiger partial charge is 0.410 e. The first-order valence-corrected chi connectivity index (χ1v) is 9.17. The zero-order valence-corrected chi connectivity index (χ0v) is 15.3. The van der Waals surface area contributed by atoms with E-state index < -0.39 is 31.9 Å². The van der Waals surface area contributed by atoms with Gasteiger partial charge in [0.1, 0.15) is 21.9 Å². The fraction of sp³-hybridized carbons (Fsp3) is 0.412. The first-order chi connectivity index (χ1) is 11.5. The highest BCUT2D eigenvalue weighted by Crippen LogP contribution is 2.39. The van der Waals surface area contributed by atoms with E-state index in [4.69, 9.17) is 11.5 Å². The minimum Gasteiger partial charge on any atom is -0.465 e. The molecule has 0 radical (unpaired) electrons. The van der Waals surface area contributed by atoms with Gasteiger partial charge >= 0.3 is 6.09 Å². The van der Waals surface area contributed by atoms with Crippen molar-refractivity contribution < 1.29 is 18.5 Å². The molecule has 1 aliphatic rings. The number of nitrogens with zero attached hydrogens (tertiary/aromatic N) is 2. The van der Waals surface area contributed by atoms with Crippen molar-refractivity contribution in [2.24, 2.45) is 9.36 Å². The van der Waals surface area contributed by atoms with Crippen LogP contribution in [0.5, 0.6) is 0 Å². The minimum atomic E-state index is -2.94. The Morgan fingerprint density at radius 1 is 1.48 bits per heavy atom. The Labute approximate surface area is 146 Å². The third-order valence-corrected chi connectivity index (χ3v) is 7.77. The number of carbonyl (C=O) groups is 1. The van der Waals surface area contributed by atoms with Crippen molar-refractivity contribution in [3.05, 3.63) is 35.1 Å². The van der Waals surface area contributed by atoms with E-state index in [2.05, 4.69) is 20.6 Å². The van der Waals surface area contributed by atoms with Gasteiger partial charge in [-0.15, -0.1) is 6.42 Å². The average Bonchev–Trinajstić information content (AvgIpc) is 2.52. The molecule has 25 heavy (non-hydrogen) atoms. The van der Waals surface area contributed by atoms with E-state index in [-0.39, 0.29) is 17.2 Å². The van der Waals surface area contributed by atoms with E-state index in [0.29, 0.717) is 5.56 Å². The molecule has 0 bridgehead atoms. The highest BCUT2D eigenvalue weighted by atomic mass is 32.2. The van der Waals surface area contributed by atoms with Crippen LogP contribution in [0, 0.1) is 18.2 Å². The Morgan fingerprint density at radius 3 is 2.64 bits per heavy atom. The van der Waals surface area contributed by atoms with Crippen LogP contribution in [-0.2, 0) is 15.3 Å². The molecule has 134 valence electrons. The molecule has 2 N–H and O–H groups in total. The summed E-state index contributed by atoms with van der Waals surface area (Å²) < 4.78 is 30.8. The number of halogens is 1. The van der Waals surface area contributed by atoms with Gasteiger partial charge in [-0.05, 0) is 39.0 Å². The summed E-state index contributed by atoms with van der Waals surface area (Å²) >= 11 is 0. The van der Waals surface area contributed by atoms with Gasteiger partial charge in [0.2, 0.25) is 0 Å². The Morgan fingerprint density at radius 2 is 2.12 bits per heavy atom. The quantitative estimate of drug-likeness (QED) is 0.750.